The van der Waals surface area contributed by atoms with Gasteiger partial charge in [0.15, 0.2) is 0 Å². The quantitative estimate of drug-likeness (QED) is 0.140. The number of hydrogen-bond acceptors (Lipinski definition) is 6. The van der Waals surface area contributed by atoms with Gasteiger partial charge >= 0.3 is 5.97 Å². The fraction of sp³-hybridized carbons (Fsp3) is 0.219. The van der Waals surface area contributed by atoms with Crippen LogP contribution in [0.25, 0.3) is 0 Å². The summed E-state index contributed by atoms with van der Waals surface area (Å²) in [6, 6.07) is 20.5. The Morgan fingerprint density at radius 1 is 1.02 bits per heavy atom. The predicted molar refractivity (Wildman–Crippen MR) is 171 cm³/mol. The molecular formula is C32H28Br2N2O4S. The molecule has 0 fully saturated rings. The van der Waals surface area contributed by atoms with Gasteiger partial charge in [-0.1, -0.05) is 46.3 Å². The molecule has 1 heterocycles. The highest BCUT2D eigenvalue weighted by atomic mass is 79.9. The molecule has 4 aromatic rings. The maximum Gasteiger partial charge on any atom is 0.338 e. The largest absolute Gasteiger partial charge is 0.487 e. The lowest BCUT2D eigenvalue weighted by Crippen LogP contribution is -2.14. The molecule has 0 aliphatic heterocycles. The number of nitrogens with zero attached hydrogens (tertiary/aromatic N) is 1. The molecule has 0 radical (unpaired) electrons. The maximum atomic E-state index is 13.5. The van der Waals surface area contributed by atoms with Crippen LogP contribution in [0.2, 0.25) is 0 Å². The van der Waals surface area contributed by atoms with Crippen molar-refractivity contribution < 1.29 is 19.1 Å². The Hall–Kier alpha value is -3.27. The summed E-state index contributed by atoms with van der Waals surface area (Å²) in [5.74, 6) is 0.144. The number of amides is 1. The van der Waals surface area contributed by atoms with Crippen LogP contribution in [0.4, 0.5) is 10.7 Å². The normalized spacial score (nSPS) is 12.7. The Labute approximate surface area is 260 Å². The molecule has 1 aliphatic rings. The lowest BCUT2D eigenvalue weighted by Gasteiger charge is -2.13. The zero-order valence-electron chi connectivity index (χ0n) is 22.4. The zero-order chi connectivity index (χ0) is 28.8. The number of ether oxygens (including phenoxy) is 2. The third kappa shape index (κ3) is 7.15. The molecule has 0 saturated heterocycles. The molecule has 0 spiro atoms. The van der Waals surface area contributed by atoms with E-state index in [1.54, 1.807) is 36.6 Å². The Bertz CT molecular complexity index is 1580. The number of anilines is 1. The molecule has 6 nitrogen and oxygen atoms in total. The topological polar surface area (TPSA) is 77.0 Å². The van der Waals surface area contributed by atoms with Crippen molar-refractivity contribution >= 4 is 72.0 Å². The number of hydrogen-bond donors (Lipinski definition) is 1. The smallest absolute Gasteiger partial charge is 0.338 e. The van der Waals surface area contributed by atoms with Crippen LogP contribution >= 0.6 is 43.2 Å². The minimum atomic E-state index is -0.346. The van der Waals surface area contributed by atoms with E-state index >= 15 is 0 Å². The second kappa shape index (κ2) is 13.6. The number of para-hydroxylation sites is 1. The Balaban J connectivity index is 1.41. The predicted octanol–water partition coefficient (Wildman–Crippen LogP) is 8.91. The van der Waals surface area contributed by atoms with Crippen LogP contribution in [0, 0.1) is 0 Å². The van der Waals surface area contributed by atoms with Crippen LogP contribution in [0.5, 0.6) is 5.75 Å². The van der Waals surface area contributed by atoms with Gasteiger partial charge in [-0.3, -0.25) is 4.79 Å². The van der Waals surface area contributed by atoms with Gasteiger partial charge in [0.1, 0.15) is 17.4 Å². The van der Waals surface area contributed by atoms with Gasteiger partial charge in [-0.25, -0.2) is 9.79 Å². The molecule has 0 unspecified atom stereocenters. The van der Waals surface area contributed by atoms with Crippen molar-refractivity contribution in [1.82, 2.24) is 0 Å². The van der Waals surface area contributed by atoms with Crippen LogP contribution < -0.4 is 10.1 Å². The third-order valence-corrected chi connectivity index (χ3v) is 8.86. The van der Waals surface area contributed by atoms with E-state index in [1.165, 1.54) is 4.88 Å². The molecule has 3 aromatic carbocycles. The highest BCUT2D eigenvalue weighted by Gasteiger charge is 2.25. The number of carbonyl (C=O) groups excluding carboxylic acids is 2. The van der Waals surface area contributed by atoms with Gasteiger partial charge < -0.3 is 14.8 Å². The van der Waals surface area contributed by atoms with Crippen LogP contribution in [0.1, 0.15) is 62.0 Å². The third-order valence-electron chi connectivity index (χ3n) is 6.62. The molecule has 0 atom stereocenters. The molecule has 0 saturated carbocycles. The van der Waals surface area contributed by atoms with Gasteiger partial charge in [-0.15, -0.1) is 11.3 Å². The number of aryl methyl sites for hydroxylation is 1. The number of halogens is 2. The van der Waals surface area contributed by atoms with E-state index in [2.05, 4.69) is 37.2 Å². The molecule has 1 N–H and O–H groups in total. The first-order valence-corrected chi connectivity index (χ1v) is 15.8. The molecular weight excluding hydrogens is 668 g/mol. The highest BCUT2D eigenvalue weighted by molar-refractivity contribution is 9.11. The summed E-state index contributed by atoms with van der Waals surface area (Å²) in [4.78, 5) is 31.5. The first-order chi connectivity index (χ1) is 19.9. The molecule has 41 heavy (non-hydrogen) atoms. The zero-order valence-corrected chi connectivity index (χ0v) is 26.4. The summed E-state index contributed by atoms with van der Waals surface area (Å²) in [6.45, 7) is 2.41. The molecule has 1 aromatic heterocycles. The van der Waals surface area contributed by atoms with E-state index in [0.29, 0.717) is 35.1 Å². The number of fused-ring (bicyclic) bond motifs is 1. The Morgan fingerprint density at radius 3 is 2.54 bits per heavy atom. The van der Waals surface area contributed by atoms with Crippen LogP contribution in [0.3, 0.4) is 0 Å². The summed E-state index contributed by atoms with van der Waals surface area (Å²) in [5.41, 5.74) is 4.68. The van der Waals surface area contributed by atoms with Crippen molar-refractivity contribution in [2.75, 3.05) is 11.9 Å². The van der Waals surface area contributed by atoms with Crippen molar-refractivity contribution in [2.45, 2.75) is 39.2 Å². The molecule has 0 bridgehead atoms. The lowest BCUT2D eigenvalue weighted by atomic mass is 9.95. The van der Waals surface area contributed by atoms with Crippen molar-refractivity contribution in [2.24, 2.45) is 4.99 Å². The maximum absolute atomic E-state index is 13.5. The van der Waals surface area contributed by atoms with E-state index in [1.807, 2.05) is 54.6 Å². The molecule has 1 aliphatic carbocycles. The molecule has 1 amide bonds. The van der Waals surface area contributed by atoms with Gasteiger partial charge in [-0.05, 0) is 96.1 Å². The van der Waals surface area contributed by atoms with E-state index in [-0.39, 0.29) is 11.9 Å². The van der Waals surface area contributed by atoms with E-state index < -0.39 is 0 Å². The van der Waals surface area contributed by atoms with Gasteiger partial charge in [0, 0.05) is 26.8 Å². The fourth-order valence-corrected chi connectivity index (χ4v) is 7.26. The highest BCUT2D eigenvalue weighted by Crippen LogP contribution is 2.41. The number of nitrogens with one attached hydrogen (secondary N) is 1. The van der Waals surface area contributed by atoms with Crippen molar-refractivity contribution in [3.05, 3.63) is 108 Å². The number of benzene rings is 3. The minimum absolute atomic E-state index is 0.138. The second-order valence-electron chi connectivity index (χ2n) is 9.48. The van der Waals surface area contributed by atoms with Crippen LogP contribution in [-0.2, 0) is 24.2 Å². The fourth-order valence-electron chi connectivity index (χ4n) is 4.66. The number of esters is 1. The number of thiophene rings is 1. The number of carbonyl (C=O) groups is 2. The SMILES string of the molecule is CCOC(=O)c1ccc(COc2c(Br)cc(Br)cc2C=Nc2sc3c(c2C(=O)Nc2ccccc2)CCCC3)cc1. The monoisotopic (exact) mass is 694 g/mol. The summed E-state index contributed by atoms with van der Waals surface area (Å²) >= 11 is 8.79. The van der Waals surface area contributed by atoms with Crippen LogP contribution in [-0.4, -0.2) is 24.7 Å². The van der Waals surface area contributed by atoms with Crippen molar-refractivity contribution in [3.8, 4) is 5.75 Å². The van der Waals surface area contributed by atoms with Gasteiger partial charge in [0.05, 0.1) is 22.2 Å². The van der Waals surface area contributed by atoms with Gasteiger partial charge in [-0.2, -0.15) is 0 Å². The van der Waals surface area contributed by atoms with E-state index in [9.17, 15) is 9.59 Å². The summed E-state index contributed by atoms with van der Waals surface area (Å²) in [6.07, 6.45) is 5.78. The number of rotatable bonds is 9. The van der Waals surface area contributed by atoms with Crippen molar-refractivity contribution in [3.63, 3.8) is 0 Å². The standard InChI is InChI=1S/C32H28Br2N2O4S/c1-2-39-32(38)21-14-12-20(13-15-21)19-40-29-22(16-23(33)17-26(29)34)18-35-31-28(25-10-6-7-11-27(25)41-31)30(37)36-24-8-4-3-5-9-24/h3-5,8-9,12-18H,2,6-7,10-11,19H2,1H3,(H,36,37). The second-order valence-corrected chi connectivity index (χ2v) is 12.3. The van der Waals surface area contributed by atoms with E-state index in [0.717, 1.165) is 57.0 Å². The first-order valence-electron chi connectivity index (χ1n) is 13.4. The average molecular weight is 696 g/mol. The van der Waals surface area contributed by atoms with E-state index in [4.69, 9.17) is 14.5 Å². The molecule has 5 rings (SSSR count). The molecule has 9 heteroatoms. The first kappa shape index (κ1) is 29.2. The Morgan fingerprint density at radius 2 is 1.78 bits per heavy atom. The Kier molecular flexibility index (Phi) is 9.69. The minimum Gasteiger partial charge on any atom is -0.487 e. The number of aliphatic imine (C=N–C) groups is 1. The average Bonchev–Trinajstić information content (AvgIpc) is 3.35. The van der Waals surface area contributed by atoms with Gasteiger partial charge in [0.25, 0.3) is 5.91 Å². The van der Waals surface area contributed by atoms with Gasteiger partial charge in [0.2, 0.25) is 0 Å². The lowest BCUT2D eigenvalue weighted by molar-refractivity contribution is 0.0526. The van der Waals surface area contributed by atoms with Crippen LogP contribution in [0.15, 0.2) is 80.7 Å². The van der Waals surface area contributed by atoms with Crippen molar-refractivity contribution in [1.29, 1.82) is 0 Å². The summed E-state index contributed by atoms with van der Waals surface area (Å²) in [5, 5.41) is 3.74. The summed E-state index contributed by atoms with van der Waals surface area (Å²) in [7, 11) is 0. The molecule has 210 valence electrons. The summed E-state index contributed by atoms with van der Waals surface area (Å²) < 4.78 is 12.9.